The fraction of sp³-hybridized carbons (Fsp3) is 0.400. The molecule has 0 N–H and O–H groups in total. The first-order valence-electron chi connectivity index (χ1n) is 8.86. The van der Waals surface area contributed by atoms with Gasteiger partial charge in [0.1, 0.15) is 17.3 Å². The Balaban J connectivity index is 1.72. The van der Waals surface area contributed by atoms with Crippen LogP contribution in [0.3, 0.4) is 0 Å². The first kappa shape index (κ1) is 18.2. The Labute approximate surface area is 155 Å². The fourth-order valence-corrected chi connectivity index (χ4v) is 3.11. The minimum absolute atomic E-state index is 0.0908. The number of ether oxygens (including phenoxy) is 1. The van der Waals surface area contributed by atoms with Crippen LogP contribution in [0.5, 0.6) is 5.75 Å². The SMILES string of the molecule is COc1ccccc1CN(C)C(=O)c1cccc(N2CCN(C)CC2)n1. The molecule has 6 nitrogen and oxygen atoms in total. The molecule has 0 bridgehead atoms. The molecule has 1 aliphatic heterocycles. The topological polar surface area (TPSA) is 48.9 Å². The molecule has 6 heteroatoms. The Morgan fingerprint density at radius 3 is 2.58 bits per heavy atom. The predicted molar refractivity (Wildman–Crippen MR) is 103 cm³/mol. The van der Waals surface area contributed by atoms with Gasteiger partial charge in [-0.1, -0.05) is 24.3 Å². The van der Waals surface area contributed by atoms with Crippen molar-refractivity contribution in [1.82, 2.24) is 14.8 Å². The summed E-state index contributed by atoms with van der Waals surface area (Å²) in [7, 11) is 5.55. The second-order valence-corrected chi connectivity index (χ2v) is 6.64. The molecule has 0 unspecified atom stereocenters. The number of piperazine rings is 1. The summed E-state index contributed by atoms with van der Waals surface area (Å²) >= 11 is 0. The van der Waals surface area contributed by atoms with Crippen LogP contribution < -0.4 is 9.64 Å². The van der Waals surface area contributed by atoms with E-state index in [0.717, 1.165) is 43.3 Å². The molecule has 1 aliphatic rings. The third-order valence-corrected chi connectivity index (χ3v) is 4.73. The first-order valence-corrected chi connectivity index (χ1v) is 8.86. The summed E-state index contributed by atoms with van der Waals surface area (Å²) in [6.07, 6.45) is 0. The molecule has 1 saturated heterocycles. The standard InChI is InChI=1S/C20H26N4O2/c1-22-11-13-24(14-12-22)19-10-6-8-17(21-19)20(25)23(2)15-16-7-4-5-9-18(16)26-3/h4-10H,11-15H2,1-3H3. The van der Waals surface area contributed by atoms with E-state index in [9.17, 15) is 4.79 Å². The highest BCUT2D eigenvalue weighted by Gasteiger charge is 2.19. The average Bonchev–Trinajstić information content (AvgIpc) is 2.68. The van der Waals surface area contributed by atoms with Gasteiger partial charge in [-0.25, -0.2) is 4.98 Å². The van der Waals surface area contributed by atoms with Gasteiger partial charge in [0.25, 0.3) is 5.91 Å². The van der Waals surface area contributed by atoms with Crippen LogP contribution in [0.4, 0.5) is 5.82 Å². The van der Waals surface area contributed by atoms with Gasteiger partial charge in [-0.2, -0.15) is 0 Å². The first-order chi connectivity index (χ1) is 12.6. The van der Waals surface area contributed by atoms with Gasteiger partial charge in [0.2, 0.25) is 0 Å². The number of benzene rings is 1. The van der Waals surface area contributed by atoms with E-state index in [1.165, 1.54) is 0 Å². The lowest BCUT2D eigenvalue weighted by molar-refractivity contribution is 0.0778. The van der Waals surface area contributed by atoms with Crippen LogP contribution >= 0.6 is 0 Å². The monoisotopic (exact) mass is 354 g/mol. The molecule has 0 radical (unpaired) electrons. The molecule has 2 heterocycles. The van der Waals surface area contributed by atoms with E-state index in [1.54, 1.807) is 25.1 Å². The number of pyridine rings is 1. The van der Waals surface area contributed by atoms with Crippen LogP contribution in [0.1, 0.15) is 16.1 Å². The summed E-state index contributed by atoms with van der Waals surface area (Å²) in [6.45, 7) is 4.35. The highest BCUT2D eigenvalue weighted by molar-refractivity contribution is 5.92. The number of hydrogen-bond acceptors (Lipinski definition) is 5. The van der Waals surface area contributed by atoms with Crippen molar-refractivity contribution < 1.29 is 9.53 Å². The van der Waals surface area contributed by atoms with Crippen molar-refractivity contribution in [3.63, 3.8) is 0 Å². The zero-order valence-electron chi connectivity index (χ0n) is 15.7. The fourth-order valence-electron chi connectivity index (χ4n) is 3.11. The number of likely N-dealkylation sites (N-methyl/N-ethyl adjacent to an activating group) is 1. The van der Waals surface area contributed by atoms with E-state index in [2.05, 4.69) is 21.8 Å². The molecule has 1 fully saturated rings. The van der Waals surface area contributed by atoms with Gasteiger partial charge in [0, 0.05) is 45.3 Å². The quantitative estimate of drug-likeness (QED) is 0.823. The smallest absolute Gasteiger partial charge is 0.272 e. The van der Waals surface area contributed by atoms with Crippen LogP contribution in [0.2, 0.25) is 0 Å². The van der Waals surface area contributed by atoms with Crippen molar-refractivity contribution in [3.8, 4) is 5.75 Å². The molecule has 0 atom stereocenters. The molecule has 138 valence electrons. The number of amides is 1. The summed E-state index contributed by atoms with van der Waals surface area (Å²) in [4.78, 5) is 23.6. The lowest BCUT2D eigenvalue weighted by atomic mass is 10.2. The molecule has 26 heavy (non-hydrogen) atoms. The van der Waals surface area contributed by atoms with E-state index in [4.69, 9.17) is 4.74 Å². The maximum atomic E-state index is 12.8. The predicted octanol–water partition coefficient (Wildman–Crippen LogP) is 2.11. The molecule has 1 amide bonds. The summed E-state index contributed by atoms with van der Waals surface area (Å²) in [6, 6.07) is 13.4. The van der Waals surface area contributed by atoms with Crippen molar-refractivity contribution in [2.45, 2.75) is 6.54 Å². The van der Waals surface area contributed by atoms with E-state index in [0.29, 0.717) is 12.2 Å². The largest absolute Gasteiger partial charge is 0.496 e. The van der Waals surface area contributed by atoms with E-state index in [-0.39, 0.29) is 5.91 Å². The maximum absolute atomic E-state index is 12.8. The molecule has 2 aromatic rings. The average molecular weight is 354 g/mol. The van der Waals surface area contributed by atoms with Gasteiger partial charge in [0.05, 0.1) is 7.11 Å². The van der Waals surface area contributed by atoms with Gasteiger partial charge < -0.3 is 19.4 Å². The molecule has 0 spiro atoms. The molecule has 1 aromatic carbocycles. The number of nitrogens with zero attached hydrogens (tertiary/aromatic N) is 4. The van der Waals surface area contributed by atoms with Gasteiger partial charge in [-0.15, -0.1) is 0 Å². The van der Waals surface area contributed by atoms with Gasteiger partial charge in [-0.05, 0) is 25.2 Å². The molecule has 3 rings (SSSR count). The number of para-hydroxylation sites is 1. The zero-order chi connectivity index (χ0) is 18.5. The highest BCUT2D eigenvalue weighted by atomic mass is 16.5. The van der Waals surface area contributed by atoms with Crippen LogP contribution in [-0.4, -0.2) is 68.1 Å². The van der Waals surface area contributed by atoms with Gasteiger partial charge in [-0.3, -0.25) is 4.79 Å². The summed E-state index contributed by atoms with van der Waals surface area (Å²) in [5, 5.41) is 0. The number of carbonyl (C=O) groups excluding carboxylic acids is 1. The van der Waals surface area contributed by atoms with Crippen LogP contribution in [-0.2, 0) is 6.54 Å². The van der Waals surface area contributed by atoms with Gasteiger partial charge in [0.15, 0.2) is 0 Å². The summed E-state index contributed by atoms with van der Waals surface area (Å²) in [5.41, 5.74) is 1.44. The minimum atomic E-state index is -0.0908. The highest BCUT2D eigenvalue weighted by Crippen LogP contribution is 2.20. The Morgan fingerprint density at radius 2 is 1.85 bits per heavy atom. The Hall–Kier alpha value is -2.60. The van der Waals surface area contributed by atoms with Crippen LogP contribution in [0.25, 0.3) is 0 Å². The molecule has 0 saturated carbocycles. The Bertz CT molecular complexity index is 757. The number of anilines is 1. The lowest BCUT2D eigenvalue weighted by Crippen LogP contribution is -2.45. The van der Waals surface area contributed by atoms with Crippen molar-refractivity contribution in [2.24, 2.45) is 0 Å². The molecule has 0 aliphatic carbocycles. The third-order valence-electron chi connectivity index (χ3n) is 4.73. The van der Waals surface area contributed by atoms with Crippen LogP contribution in [0.15, 0.2) is 42.5 Å². The summed E-state index contributed by atoms with van der Waals surface area (Å²) in [5.74, 6) is 1.56. The van der Waals surface area contributed by atoms with Crippen LogP contribution in [0, 0.1) is 0 Å². The second kappa shape index (κ2) is 8.19. The number of hydrogen-bond donors (Lipinski definition) is 0. The van der Waals surface area contributed by atoms with Crippen molar-refractivity contribution in [2.75, 3.05) is 52.3 Å². The van der Waals surface area contributed by atoms with Gasteiger partial charge >= 0.3 is 0 Å². The Kier molecular flexibility index (Phi) is 5.73. The molecule has 1 aromatic heterocycles. The van der Waals surface area contributed by atoms with E-state index < -0.39 is 0 Å². The van der Waals surface area contributed by atoms with E-state index in [1.807, 2.05) is 36.4 Å². The van der Waals surface area contributed by atoms with E-state index >= 15 is 0 Å². The Morgan fingerprint density at radius 1 is 1.12 bits per heavy atom. The summed E-state index contributed by atoms with van der Waals surface area (Å²) < 4.78 is 5.37. The number of aromatic nitrogens is 1. The van der Waals surface area contributed by atoms with Crippen molar-refractivity contribution in [1.29, 1.82) is 0 Å². The van der Waals surface area contributed by atoms with Crippen molar-refractivity contribution >= 4 is 11.7 Å². The minimum Gasteiger partial charge on any atom is -0.496 e. The maximum Gasteiger partial charge on any atom is 0.272 e. The normalized spacial score (nSPS) is 15.0. The van der Waals surface area contributed by atoms with Crippen molar-refractivity contribution in [3.05, 3.63) is 53.7 Å². The molecular weight excluding hydrogens is 328 g/mol. The second-order valence-electron chi connectivity index (χ2n) is 6.64. The number of rotatable bonds is 5. The molecular formula is C20H26N4O2. The third kappa shape index (κ3) is 4.14. The number of carbonyl (C=O) groups is 1. The zero-order valence-corrected chi connectivity index (χ0v) is 15.7. The lowest BCUT2D eigenvalue weighted by Gasteiger charge is -2.33. The number of methoxy groups -OCH3 is 1.